The number of alkyl halides is 2. The van der Waals surface area contributed by atoms with Crippen molar-refractivity contribution < 1.29 is 13.2 Å². The minimum Gasteiger partial charge on any atom is -0.329 e. The molecule has 5 heteroatoms. The Morgan fingerprint density at radius 2 is 2.00 bits per heavy atom. The molecule has 0 saturated carbocycles. The van der Waals surface area contributed by atoms with Crippen molar-refractivity contribution in [2.75, 3.05) is 13.1 Å². The van der Waals surface area contributed by atoms with E-state index in [2.05, 4.69) is 5.32 Å². The topological polar surface area (TPSA) is 38.0 Å². The maximum atomic E-state index is 13.4. The first-order valence-corrected chi connectivity index (χ1v) is 5.43. The third kappa shape index (κ3) is 4.36. The van der Waals surface area contributed by atoms with Crippen molar-refractivity contribution in [2.45, 2.75) is 25.3 Å². The molecule has 0 heterocycles. The Labute approximate surface area is 99.0 Å². The largest absolute Gasteiger partial charge is 0.329 e. The van der Waals surface area contributed by atoms with Gasteiger partial charge in [0.05, 0.1) is 6.54 Å². The van der Waals surface area contributed by atoms with E-state index in [9.17, 15) is 13.2 Å². The summed E-state index contributed by atoms with van der Waals surface area (Å²) in [6, 6.07) is 6.28. The van der Waals surface area contributed by atoms with Gasteiger partial charge in [-0.1, -0.05) is 18.2 Å². The Morgan fingerprint density at radius 3 is 2.53 bits per heavy atom. The van der Waals surface area contributed by atoms with Crippen LogP contribution in [0, 0.1) is 5.82 Å². The van der Waals surface area contributed by atoms with Gasteiger partial charge in [0.25, 0.3) is 6.43 Å². The third-order valence-corrected chi connectivity index (χ3v) is 2.67. The maximum Gasteiger partial charge on any atom is 0.250 e. The molecule has 0 saturated heterocycles. The van der Waals surface area contributed by atoms with Gasteiger partial charge in [-0.2, -0.15) is 0 Å². The Bertz CT molecular complexity index is 357. The molecule has 1 aromatic rings. The molecule has 3 N–H and O–H groups in total. The number of hydrogen-bond donors (Lipinski definition) is 2. The Kier molecular flexibility index (Phi) is 4.96. The van der Waals surface area contributed by atoms with Crippen LogP contribution < -0.4 is 11.1 Å². The van der Waals surface area contributed by atoms with Crippen molar-refractivity contribution in [1.82, 2.24) is 5.32 Å². The first-order chi connectivity index (χ1) is 7.97. The summed E-state index contributed by atoms with van der Waals surface area (Å²) in [5.74, 6) is -0.342. The molecule has 0 aromatic heterocycles. The van der Waals surface area contributed by atoms with Crippen LogP contribution in [-0.4, -0.2) is 25.1 Å². The average molecular weight is 246 g/mol. The fourth-order valence-electron chi connectivity index (χ4n) is 1.59. The minimum atomic E-state index is -2.44. The first kappa shape index (κ1) is 14.0. The second-order valence-electron chi connectivity index (χ2n) is 4.30. The standard InChI is InChI=1S/C12H17F3N2/c1-12(8-16,17-7-11(14)15)6-9-4-2-3-5-10(9)13/h2-5,11,17H,6-8,16H2,1H3. The highest BCUT2D eigenvalue weighted by Crippen LogP contribution is 2.15. The van der Waals surface area contributed by atoms with E-state index in [1.54, 1.807) is 25.1 Å². The van der Waals surface area contributed by atoms with E-state index < -0.39 is 18.5 Å². The quantitative estimate of drug-likeness (QED) is 0.805. The average Bonchev–Trinajstić information content (AvgIpc) is 2.30. The lowest BCUT2D eigenvalue weighted by Crippen LogP contribution is -2.52. The highest BCUT2D eigenvalue weighted by Gasteiger charge is 2.24. The van der Waals surface area contributed by atoms with Crippen LogP contribution in [0.1, 0.15) is 12.5 Å². The van der Waals surface area contributed by atoms with Gasteiger partial charge in [0.1, 0.15) is 5.82 Å². The molecule has 96 valence electrons. The van der Waals surface area contributed by atoms with Gasteiger partial charge >= 0.3 is 0 Å². The van der Waals surface area contributed by atoms with Gasteiger partial charge < -0.3 is 11.1 Å². The molecular weight excluding hydrogens is 229 g/mol. The molecule has 1 rings (SSSR count). The Balaban J connectivity index is 2.71. The molecule has 0 fully saturated rings. The first-order valence-electron chi connectivity index (χ1n) is 5.43. The molecule has 0 radical (unpaired) electrons. The maximum absolute atomic E-state index is 13.4. The summed E-state index contributed by atoms with van der Waals surface area (Å²) >= 11 is 0. The zero-order valence-electron chi connectivity index (χ0n) is 9.72. The van der Waals surface area contributed by atoms with E-state index in [1.807, 2.05) is 0 Å². The minimum absolute atomic E-state index is 0.161. The number of nitrogens with one attached hydrogen (secondary N) is 1. The molecular formula is C12H17F3N2. The van der Waals surface area contributed by atoms with E-state index in [0.29, 0.717) is 5.56 Å². The summed E-state index contributed by atoms with van der Waals surface area (Å²) < 4.78 is 37.7. The van der Waals surface area contributed by atoms with E-state index in [4.69, 9.17) is 5.73 Å². The summed E-state index contributed by atoms with van der Waals surface area (Å²) in [5, 5.41) is 2.68. The molecule has 0 bridgehead atoms. The summed E-state index contributed by atoms with van der Waals surface area (Å²) in [6.45, 7) is 1.43. The van der Waals surface area contributed by atoms with Crippen LogP contribution in [0.25, 0.3) is 0 Å². The molecule has 0 aliphatic rings. The molecule has 0 amide bonds. The Hall–Kier alpha value is -1.07. The highest BCUT2D eigenvalue weighted by molar-refractivity contribution is 5.20. The van der Waals surface area contributed by atoms with Crippen LogP contribution in [0.4, 0.5) is 13.2 Å². The van der Waals surface area contributed by atoms with Gasteiger partial charge in [0, 0.05) is 12.1 Å². The van der Waals surface area contributed by atoms with Crippen molar-refractivity contribution in [3.8, 4) is 0 Å². The lowest BCUT2D eigenvalue weighted by atomic mass is 9.92. The van der Waals surface area contributed by atoms with Gasteiger partial charge in [0.15, 0.2) is 0 Å². The van der Waals surface area contributed by atoms with Gasteiger partial charge in [-0.15, -0.1) is 0 Å². The molecule has 1 atom stereocenters. The van der Waals surface area contributed by atoms with E-state index >= 15 is 0 Å². The van der Waals surface area contributed by atoms with Crippen LogP contribution >= 0.6 is 0 Å². The number of hydrogen-bond acceptors (Lipinski definition) is 2. The van der Waals surface area contributed by atoms with Crippen LogP contribution in [0.3, 0.4) is 0 Å². The van der Waals surface area contributed by atoms with E-state index in [-0.39, 0.29) is 18.8 Å². The van der Waals surface area contributed by atoms with E-state index in [0.717, 1.165) is 0 Å². The van der Waals surface area contributed by atoms with Crippen LogP contribution in [-0.2, 0) is 6.42 Å². The SMILES string of the molecule is CC(CN)(Cc1ccccc1F)NCC(F)F. The molecule has 1 unspecified atom stereocenters. The van der Waals surface area contributed by atoms with Gasteiger partial charge in [0.2, 0.25) is 0 Å². The van der Waals surface area contributed by atoms with Gasteiger partial charge in [-0.3, -0.25) is 0 Å². The van der Waals surface area contributed by atoms with Crippen LogP contribution in [0.15, 0.2) is 24.3 Å². The fraction of sp³-hybridized carbons (Fsp3) is 0.500. The van der Waals surface area contributed by atoms with Crippen molar-refractivity contribution in [3.05, 3.63) is 35.6 Å². The number of halogens is 3. The normalized spacial score (nSPS) is 14.9. The summed E-state index contributed by atoms with van der Waals surface area (Å²) in [5.41, 5.74) is 5.31. The van der Waals surface area contributed by atoms with Crippen LogP contribution in [0.2, 0.25) is 0 Å². The predicted molar refractivity (Wildman–Crippen MR) is 61.6 cm³/mol. The van der Waals surface area contributed by atoms with Gasteiger partial charge in [-0.05, 0) is 25.0 Å². The smallest absolute Gasteiger partial charge is 0.250 e. The van der Waals surface area contributed by atoms with Crippen LogP contribution in [0.5, 0.6) is 0 Å². The van der Waals surface area contributed by atoms with E-state index in [1.165, 1.54) is 6.07 Å². The zero-order valence-corrected chi connectivity index (χ0v) is 9.72. The monoisotopic (exact) mass is 246 g/mol. The molecule has 0 aliphatic heterocycles. The van der Waals surface area contributed by atoms with Gasteiger partial charge in [-0.25, -0.2) is 13.2 Å². The molecule has 17 heavy (non-hydrogen) atoms. The summed E-state index contributed by atoms with van der Waals surface area (Å²) in [4.78, 5) is 0. The number of benzene rings is 1. The highest BCUT2D eigenvalue weighted by atomic mass is 19.3. The molecule has 1 aromatic carbocycles. The van der Waals surface area contributed by atoms with Crippen molar-refractivity contribution in [3.63, 3.8) is 0 Å². The molecule has 0 aliphatic carbocycles. The zero-order chi connectivity index (χ0) is 12.9. The van der Waals surface area contributed by atoms with Crippen molar-refractivity contribution in [1.29, 1.82) is 0 Å². The number of rotatable bonds is 6. The second-order valence-corrected chi connectivity index (χ2v) is 4.30. The lowest BCUT2D eigenvalue weighted by Gasteiger charge is -2.29. The third-order valence-electron chi connectivity index (χ3n) is 2.67. The predicted octanol–water partition coefficient (Wildman–Crippen LogP) is 1.94. The second kappa shape index (κ2) is 6.02. The Morgan fingerprint density at radius 1 is 1.35 bits per heavy atom. The number of nitrogens with two attached hydrogens (primary N) is 1. The summed E-state index contributed by atoms with van der Waals surface area (Å²) in [7, 11) is 0. The van der Waals surface area contributed by atoms with Crippen molar-refractivity contribution in [2.24, 2.45) is 5.73 Å². The molecule has 2 nitrogen and oxygen atoms in total. The lowest BCUT2D eigenvalue weighted by molar-refractivity contribution is 0.131. The molecule has 0 spiro atoms. The van der Waals surface area contributed by atoms with Crippen molar-refractivity contribution >= 4 is 0 Å². The fourth-order valence-corrected chi connectivity index (χ4v) is 1.59. The summed E-state index contributed by atoms with van der Waals surface area (Å²) in [6.07, 6.45) is -2.16.